The number of nitrogens with one attached hydrogen (secondary N) is 1. The second-order valence-electron chi connectivity index (χ2n) is 12.2. The molecule has 2 aliphatic rings. The minimum absolute atomic E-state index is 0. The van der Waals surface area contributed by atoms with Crippen molar-refractivity contribution in [1.29, 1.82) is 0 Å². The molecule has 0 aliphatic heterocycles. The first-order valence-electron chi connectivity index (χ1n) is 17.0. The second kappa shape index (κ2) is 23.7. The van der Waals surface area contributed by atoms with E-state index in [4.69, 9.17) is 5.73 Å². The van der Waals surface area contributed by atoms with Crippen molar-refractivity contribution in [3.05, 3.63) is 150 Å². The Kier molecular flexibility index (Phi) is 20.4. The molecule has 4 aromatic carbocycles. The van der Waals surface area contributed by atoms with Crippen molar-refractivity contribution in [2.75, 3.05) is 0 Å². The van der Waals surface area contributed by atoms with E-state index < -0.39 is 0 Å². The molecule has 0 bridgehead atoms. The van der Waals surface area contributed by atoms with Gasteiger partial charge in [-0.25, -0.2) is 5.57 Å². The largest absolute Gasteiger partial charge is 0.675 e. The number of hydrogen-bond donors (Lipinski definition) is 0. The van der Waals surface area contributed by atoms with Crippen molar-refractivity contribution in [2.45, 2.75) is 91.5 Å². The van der Waals surface area contributed by atoms with Gasteiger partial charge >= 0.3 is 0 Å². The summed E-state index contributed by atoms with van der Waals surface area (Å²) in [5, 5.41) is 2.90. The standard InChI is InChI=1S/C12H11Si.C12H10.C10H20N.C9H13.Hf/c1-3-7-11(8-4-1)13-12-9-5-2-6-10-12;1-3-7-11(8-4-1)12-9-5-2-6-10-12;11-10-8-6-4-2-1-3-5-7-9-10;1-6-5-7(2)9(4)8(6)3;/h1-10,13H;1-10H;10-11H,1-9H2;6H,1-4H3;/q;;2*-1;. The Morgan fingerprint density at radius 1 is 0.543 bits per heavy atom. The first-order chi connectivity index (χ1) is 21.9. The molecule has 1 radical (unpaired) electrons. The molecule has 1 unspecified atom stereocenters. The molecule has 0 saturated heterocycles. The summed E-state index contributed by atoms with van der Waals surface area (Å²) >= 11 is 0. The molecular formula is C43H54HfNSi-2. The number of benzene rings is 4. The summed E-state index contributed by atoms with van der Waals surface area (Å²) in [5.41, 5.74) is 14.5. The average Bonchev–Trinajstić information content (AvgIpc) is 3.31. The maximum absolute atomic E-state index is 7.68. The smallest absolute Gasteiger partial charge is 0.103 e. The van der Waals surface area contributed by atoms with Crippen LogP contribution in [0, 0.1) is 12.0 Å². The van der Waals surface area contributed by atoms with Gasteiger partial charge in [0.2, 0.25) is 0 Å². The third-order valence-electron chi connectivity index (χ3n) is 8.66. The van der Waals surface area contributed by atoms with Crippen molar-refractivity contribution < 1.29 is 25.8 Å². The predicted octanol–water partition coefficient (Wildman–Crippen LogP) is 11.1. The molecule has 4 aromatic rings. The van der Waals surface area contributed by atoms with Crippen LogP contribution in [0.25, 0.3) is 16.9 Å². The molecular weight excluding hydrogens is 737 g/mol. The molecule has 1 atom stereocenters. The van der Waals surface area contributed by atoms with Crippen LogP contribution >= 0.6 is 0 Å². The van der Waals surface area contributed by atoms with E-state index in [1.807, 2.05) is 12.1 Å². The minimum atomic E-state index is 0. The fraction of sp³-hybridized carbons (Fsp3) is 0.349. The molecule has 0 spiro atoms. The second-order valence-corrected chi connectivity index (χ2v) is 13.9. The Labute approximate surface area is 302 Å². The van der Waals surface area contributed by atoms with Gasteiger partial charge in [-0.05, 0) is 11.1 Å². The third-order valence-corrected chi connectivity index (χ3v) is 10.1. The van der Waals surface area contributed by atoms with Gasteiger partial charge < -0.3 is 5.73 Å². The number of allylic oxidation sites excluding steroid dienone is 4. The van der Waals surface area contributed by atoms with Crippen LogP contribution in [0.5, 0.6) is 0 Å². The van der Waals surface area contributed by atoms with E-state index in [1.165, 1.54) is 83.2 Å². The summed E-state index contributed by atoms with van der Waals surface area (Å²) in [7, 11) is 0.271. The molecule has 1 N–H and O–H groups in total. The Morgan fingerprint density at radius 2 is 0.891 bits per heavy atom. The molecule has 2 aliphatic carbocycles. The van der Waals surface area contributed by atoms with Crippen LogP contribution in [-0.4, -0.2) is 15.6 Å². The topological polar surface area (TPSA) is 23.8 Å². The first kappa shape index (κ1) is 39.6. The summed E-state index contributed by atoms with van der Waals surface area (Å²) in [4.78, 5) is 0. The molecule has 1 saturated carbocycles. The van der Waals surface area contributed by atoms with E-state index in [0.717, 1.165) is 12.8 Å². The van der Waals surface area contributed by atoms with Gasteiger partial charge in [0, 0.05) is 25.8 Å². The van der Waals surface area contributed by atoms with Crippen LogP contribution in [0.1, 0.15) is 85.5 Å². The normalized spacial score (nSPS) is 16.5. The maximum Gasteiger partial charge on any atom is 0.103 e. The van der Waals surface area contributed by atoms with Gasteiger partial charge in [0.05, 0.1) is 0 Å². The van der Waals surface area contributed by atoms with Crippen LogP contribution in [0.15, 0.2) is 138 Å². The molecule has 3 heteroatoms. The van der Waals surface area contributed by atoms with E-state index in [0.29, 0.717) is 5.92 Å². The van der Waals surface area contributed by atoms with E-state index >= 15 is 0 Å². The van der Waals surface area contributed by atoms with Crippen molar-refractivity contribution >= 4 is 19.9 Å². The number of rotatable bonds is 3. The fourth-order valence-corrected chi connectivity index (χ4v) is 6.74. The molecule has 0 heterocycles. The molecule has 1 fully saturated rings. The van der Waals surface area contributed by atoms with Crippen LogP contribution in [-0.2, 0) is 25.8 Å². The molecule has 46 heavy (non-hydrogen) atoms. The Balaban J connectivity index is 0.000000214. The Hall–Kier alpha value is -2.59. The van der Waals surface area contributed by atoms with Crippen molar-refractivity contribution in [3.63, 3.8) is 0 Å². The van der Waals surface area contributed by atoms with Crippen LogP contribution in [0.2, 0.25) is 0 Å². The van der Waals surface area contributed by atoms with Gasteiger partial charge in [0.25, 0.3) is 0 Å². The van der Waals surface area contributed by atoms with Crippen molar-refractivity contribution in [2.24, 2.45) is 5.92 Å². The van der Waals surface area contributed by atoms with Gasteiger partial charge in [-0.1, -0.05) is 216 Å². The Morgan fingerprint density at radius 3 is 1.20 bits per heavy atom. The van der Waals surface area contributed by atoms with E-state index in [-0.39, 0.29) is 41.4 Å². The van der Waals surface area contributed by atoms with Crippen molar-refractivity contribution in [1.82, 2.24) is 0 Å². The zero-order valence-electron chi connectivity index (χ0n) is 28.6. The SMILES string of the molecule is CC1=[C-]C(C)C(C)=C1C.[Hf].[NH-]C1CCCCCCCCC1.c1ccc(-c2ccccc2)cc1.c1ccc([SiH]c2ccccc2)cc1. The molecule has 6 rings (SSSR count). The fourth-order valence-electron chi connectivity index (χ4n) is 5.52. The summed E-state index contributed by atoms with van der Waals surface area (Å²) in [6, 6.07) is 42.4. The average molecular weight is 791 g/mol. The Bertz CT molecular complexity index is 1300. The quantitative estimate of drug-likeness (QED) is 0.146. The minimum Gasteiger partial charge on any atom is -0.675 e. The zero-order chi connectivity index (χ0) is 32.1. The summed E-state index contributed by atoms with van der Waals surface area (Å²) in [6.07, 6.45) is 15.3. The molecule has 0 amide bonds. The monoisotopic (exact) mass is 792 g/mol. The van der Waals surface area contributed by atoms with Gasteiger partial charge in [0.15, 0.2) is 0 Å². The van der Waals surface area contributed by atoms with Crippen molar-refractivity contribution in [3.8, 4) is 11.1 Å². The number of hydrogen-bond acceptors (Lipinski definition) is 0. The first-order valence-corrected chi connectivity index (χ1v) is 18.1. The van der Waals surface area contributed by atoms with Gasteiger partial charge in [0.1, 0.15) is 9.52 Å². The summed E-state index contributed by atoms with van der Waals surface area (Å²) in [5.74, 6) is 0.560. The van der Waals surface area contributed by atoms with Gasteiger partial charge in [-0.2, -0.15) is 11.1 Å². The maximum atomic E-state index is 7.68. The van der Waals surface area contributed by atoms with Gasteiger partial charge in [-0.15, -0.1) is 13.0 Å². The zero-order valence-corrected chi connectivity index (χ0v) is 33.4. The molecule has 241 valence electrons. The van der Waals surface area contributed by atoms with Crippen LogP contribution in [0.4, 0.5) is 0 Å². The van der Waals surface area contributed by atoms with E-state index in [2.05, 4.69) is 143 Å². The molecule has 1 nitrogen and oxygen atoms in total. The summed E-state index contributed by atoms with van der Waals surface area (Å²) < 4.78 is 0. The van der Waals surface area contributed by atoms with E-state index in [1.54, 1.807) is 0 Å². The summed E-state index contributed by atoms with van der Waals surface area (Å²) in [6.45, 7) is 8.67. The van der Waals surface area contributed by atoms with E-state index in [9.17, 15) is 0 Å². The van der Waals surface area contributed by atoms with Crippen LogP contribution < -0.4 is 10.4 Å². The van der Waals surface area contributed by atoms with Gasteiger partial charge in [-0.3, -0.25) is 6.08 Å². The molecule has 0 aromatic heterocycles. The third kappa shape index (κ3) is 15.8. The van der Waals surface area contributed by atoms with Crippen LogP contribution in [0.3, 0.4) is 0 Å². The predicted molar refractivity (Wildman–Crippen MR) is 201 cm³/mol.